The van der Waals surface area contributed by atoms with E-state index in [1.165, 1.54) is 6.08 Å². The highest BCUT2D eigenvalue weighted by atomic mass is 19.4. The molecule has 0 aromatic rings. The van der Waals surface area contributed by atoms with Gasteiger partial charge in [-0.15, -0.1) is 0 Å². The van der Waals surface area contributed by atoms with Gasteiger partial charge in [-0.3, -0.25) is 0 Å². The molecule has 1 atom stereocenters. The van der Waals surface area contributed by atoms with Gasteiger partial charge in [-0.25, -0.2) is 0 Å². The van der Waals surface area contributed by atoms with Crippen molar-refractivity contribution in [3.05, 3.63) is 11.6 Å². The first-order valence-corrected chi connectivity index (χ1v) is 4.15. The average Bonchev–Trinajstić information content (AvgIpc) is 1.98. The van der Waals surface area contributed by atoms with Crippen LogP contribution in [-0.2, 0) is 0 Å². The lowest BCUT2D eigenvalue weighted by Gasteiger charge is -2.24. The number of allylic oxidation sites excluding steroid dienone is 1. The van der Waals surface area contributed by atoms with Gasteiger partial charge in [0.05, 0.1) is 0 Å². The van der Waals surface area contributed by atoms with Crippen molar-refractivity contribution in [2.24, 2.45) is 0 Å². The first kappa shape index (κ1) is 12.5. The summed E-state index contributed by atoms with van der Waals surface area (Å²) in [5, 5.41) is 9.03. The van der Waals surface area contributed by atoms with Crippen molar-refractivity contribution in [2.75, 3.05) is 0 Å². The molecule has 78 valence electrons. The molecule has 0 aliphatic heterocycles. The molecular formula is C9H15F3O. The van der Waals surface area contributed by atoms with E-state index in [-0.39, 0.29) is 6.42 Å². The van der Waals surface area contributed by atoms with Crippen molar-refractivity contribution < 1.29 is 18.3 Å². The van der Waals surface area contributed by atoms with Crippen molar-refractivity contribution in [2.45, 2.75) is 45.4 Å². The zero-order valence-electron chi connectivity index (χ0n) is 8.07. The van der Waals surface area contributed by atoms with Crippen LogP contribution in [0.2, 0.25) is 0 Å². The quantitative estimate of drug-likeness (QED) is 0.688. The Balaban J connectivity index is 4.36. The van der Waals surface area contributed by atoms with E-state index >= 15 is 0 Å². The Morgan fingerprint density at radius 1 is 1.38 bits per heavy atom. The predicted octanol–water partition coefficient (Wildman–Crippen LogP) is 3.05. The van der Waals surface area contributed by atoms with Crippen LogP contribution in [-0.4, -0.2) is 16.9 Å². The van der Waals surface area contributed by atoms with Gasteiger partial charge >= 0.3 is 6.18 Å². The van der Waals surface area contributed by atoms with E-state index in [4.69, 9.17) is 5.11 Å². The van der Waals surface area contributed by atoms with Crippen LogP contribution >= 0.6 is 0 Å². The van der Waals surface area contributed by atoms with E-state index in [0.29, 0.717) is 6.42 Å². The minimum atomic E-state index is -4.56. The fraction of sp³-hybridized carbons (Fsp3) is 0.778. The average molecular weight is 196 g/mol. The fourth-order valence-electron chi connectivity index (χ4n) is 0.633. The Morgan fingerprint density at radius 3 is 2.15 bits per heavy atom. The summed E-state index contributed by atoms with van der Waals surface area (Å²) in [6.07, 6.45) is -2.81. The van der Waals surface area contributed by atoms with Crippen LogP contribution in [0, 0.1) is 0 Å². The summed E-state index contributed by atoms with van der Waals surface area (Å²) in [4.78, 5) is 0. The smallest absolute Gasteiger partial charge is 0.380 e. The first-order valence-electron chi connectivity index (χ1n) is 4.15. The van der Waals surface area contributed by atoms with Crippen LogP contribution < -0.4 is 0 Å². The van der Waals surface area contributed by atoms with E-state index in [1.54, 1.807) is 6.92 Å². The molecule has 0 heterocycles. The highest BCUT2D eigenvalue weighted by molar-refractivity contribution is 5.01. The summed E-state index contributed by atoms with van der Waals surface area (Å²) in [5.41, 5.74) is -1.76. The molecule has 0 aromatic heterocycles. The molecule has 0 saturated carbocycles. The molecule has 13 heavy (non-hydrogen) atoms. The standard InChI is InChI=1S/C9H15F3O/c1-4-7(2)5-6-8(3,13)9(10,11)12/h5,13H,4,6H2,1-3H3. The molecule has 0 amide bonds. The molecule has 1 N–H and O–H groups in total. The van der Waals surface area contributed by atoms with Crippen molar-refractivity contribution in [1.29, 1.82) is 0 Å². The summed E-state index contributed by atoms with van der Waals surface area (Å²) in [7, 11) is 0. The van der Waals surface area contributed by atoms with Gasteiger partial charge in [0.25, 0.3) is 0 Å². The zero-order valence-corrected chi connectivity index (χ0v) is 8.07. The third-order valence-electron chi connectivity index (χ3n) is 2.02. The lowest BCUT2D eigenvalue weighted by Crippen LogP contribution is -2.41. The van der Waals surface area contributed by atoms with Crippen LogP contribution in [0.25, 0.3) is 0 Å². The van der Waals surface area contributed by atoms with Crippen LogP contribution in [0.5, 0.6) is 0 Å². The highest BCUT2D eigenvalue weighted by Gasteiger charge is 2.48. The first-order chi connectivity index (χ1) is 5.70. The summed E-state index contributed by atoms with van der Waals surface area (Å²) in [6, 6.07) is 0. The summed E-state index contributed by atoms with van der Waals surface area (Å²) < 4.78 is 36.3. The largest absolute Gasteiger partial charge is 0.417 e. The Bertz CT molecular complexity index is 192. The monoisotopic (exact) mass is 196 g/mol. The van der Waals surface area contributed by atoms with E-state index in [9.17, 15) is 13.2 Å². The molecule has 0 aromatic carbocycles. The van der Waals surface area contributed by atoms with Gasteiger partial charge in [0, 0.05) is 6.42 Å². The van der Waals surface area contributed by atoms with Gasteiger partial charge in [0.15, 0.2) is 5.60 Å². The molecule has 0 saturated heterocycles. The number of halogens is 3. The molecule has 4 heteroatoms. The summed E-state index contributed by atoms with van der Waals surface area (Å²) >= 11 is 0. The van der Waals surface area contributed by atoms with Crippen molar-refractivity contribution >= 4 is 0 Å². The van der Waals surface area contributed by atoms with E-state index in [2.05, 4.69) is 0 Å². The van der Waals surface area contributed by atoms with E-state index in [0.717, 1.165) is 12.5 Å². The van der Waals surface area contributed by atoms with Gasteiger partial charge in [-0.2, -0.15) is 13.2 Å². The molecule has 0 aliphatic rings. The second-order valence-electron chi connectivity index (χ2n) is 3.38. The second kappa shape index (κ2) is 4.13. The Morgan fingerprint density at radius 2 is 1.85 bits per heavy atom. The van der Waals surface area contributed by atoms with Gasteiger partial charge in [-0.1, -0.05) is 18.6 Å². The maximum Gasteiger partial charge on any atom is 0.417 e. The van der Waals surface area contributed by atoms with E-state index in [1.807, 2.05) is 6.92 Å². The molecule has 0 spiro atoms. The van der Waals surface area contributed by atoms with Crippen LogP contribution in [0.1, 0.15) is 33.6 Å². The highest BCUT2D eigenvalue weighted by Crippen LogP contribution is 2.33. The SMILES string of the molecule is CCC(C)=CCC(C)(O)C(F)(F)F. The van der Waals surface area contributed by atoms with Gasteiger partial charge in [-0.05, 0) is 20.3 Å². The maximum atomic E-state index is 12.1. The van der Waals surface area contributed by atoms with Crippen molar-refractivity contribution in [3.63, 3.8) is 0 Å². The lowest BCUT2D eigenvalue weighted by atomic mass is 10.00. The predicted molar refractivity (Wildman–Crippen MR) is 45.3 cm³/mol. The lowest BCUT2D eigenvalue weighted by molar-refractivity contribution is -0.251. The topological polar surface area (TPSA) is 20.2 Å². The number of aliphatic hydroxyl groups is 1. The van der Waals surface area contributed by atoms with Gasteiger partial charge < -0.3 is 5.11 Å². The zero-order chi connectivity index (χ0) is 10.7. The summed E-state index contributed by atoms with van der Waals surface area (Å²) in [5.74, 6) is 0. The van der Waals surface area contributed by atoms with Crippen molar-refractivity contribution in [1.82, 2.24) is 0 Å². The molecular weight excluding hydrogens is 181 g/mol. The van der Waals surface area contributed by atoms with Gasteiger partial charge in [0.1, 0.15) is 0 Å². The second-order valence-corrected chi connectivity index (χ2v) is 3.38. The molecule has 0 fully saturated rings. The molecule has 0 bridgehead atoms. The Hall–Kier alpha value is -0.510. The third-order valence-corrected chi connectivity index (χ3v) is 2.02. The minimum Gasteiger partial charge on any atom is -0.380 e. The number of hydrogen-bond acceptors (Lipinski definition) is 1. The molecule has 1 nitrogen and oxygen atoms in total. The minimum absolute atomic E-state index is 0.379. The maximum absolute atomic E-state index is 12.1. The third kappa shape index (κ3) is 3.81. The van der Waals surface area contributed by atoms with Crippen LogP contribution in [0.4, 0.5) is 13.2 Å². The molecule has 0 rings (SSSR count). The number of alkyl halides is 3. The summed E-state index contributed by atoms with van der Waals surface area (Å²) in [6.45, 7) is 4.38. The number of hydrogen-bond donors (Lipinski definition) is 1. The number of rotatable bonds is 3. The molecule has 0 aliphatic carbocycles. The van der Waals surface area contributed by atoms with E-state index < -0.39 is 11.8 Å². The molecule has 1 unspecified atom stereocenters. The van der Waals surface area contributed by atoms with Crippen LogP contribution in [0.3, 0.4) is 0 Å². The van der Waals surface area contributed by atoms with Crippen LogP contribution in [0.15, 0.2) is 11.6 Å². The Kier molecular flexibility index (Phi) is 3.97. The Labute approximate surface area is 76.3 Å². The normalized spacial score (nSPS) is 18.5. The van der Waals surface area contributed by atoms with Crippen molar-refractivity contribution in [3.8, 4) is 0 Å². The fourth-order valence-corrected chi connectivity index (χ4v) is 0.633. The molecule has 0 radical (unpaired) electrons. The van der Waals surface area contributed by atoms with Gasteiger partial charge in [0.2, 0.25) is 0 Å².